The summed E-state index contributed by atoms with van der Waals surface area (Å²) < 4.78 is 10.8. The van der Waals surface area contributed by atoms with Gasteiger partial charge in [0.25, 0.3) is 0 Å². The third-order valence-electron chi connectivity index (χ3n) is 4.24. The van der Waals surface area contributed by atoms with Gasteiger partial charge in [0.2, 0.25) is 0 Å². The average Bonchev–Trinajstić information content (AvgIpc) is 2.98. The van der Waals surface area contributed by atoms with E-state index in [1.807, 2.05) is 17.8 Å². The molecule has 0 saturated heterocycles. The van der Waals surface area contributed by atoms with Crippen LogP contribution in [0, 0.1) is 0 Å². The molecule has 1 aliphatic carbocycles. The van der Waals surface area contributed by atoms with Gasteiger partial charge < -0.3 is 9.47 Å². The highest BCUT2D eigenvalue weighted by atomic mass is 32.2. The fourth-order valence-electron chi connectivity index (χ4n) is 3.23. The number of benzene rings is 2. The summed E-state index contributed by atoms with van der Waals surface area (Å²) in [5, 5.41) is 0. The average molecular weight is 300 g/mol. The fourth-order valence-corrected chi connectivity index (χ4v) is 3.94. The molecule has 0 fully saturated rings. The molecule has 1 aliphatic rings. The highest BCUT2D eigenvalue weighted by Gasteiger charge is 2.27. The third kappa shape index (κ3) is 2.51. The Labute approximate surface area is 130 Å². The second kappa shape index (κ2) is 6.02. The van der Waals surface area contributed by atoms with Crippen LogP contribution in [0.3, 0.4) is 0 Å². The van der Waals surface area contributed by atoms with E-state index in [1.54, 1.807) is 14.2 Å². The van der Waals surface area contributed by atoms with Crippen LogP contribution in [0.2, 0.25) is 0 Å². The first-order chi connectivity index (χ1) is 10.3. The summed E-state index contributed by atoms with van der Waals surface area (Å²) in [5.74, 6) is 2.06. The predicted molar refractivity (Wildman–Crippen MR) is 87.9 cm³/mol. The Morgan fingerprint density at radius 1 is 1.05 bits per heavy atom. The third-order valence-corrected chi connectivity index (χ3v) is 5.03. The molecule has 21 heavy (non-hydrogen) atoms. The van der Waals surface area contributed by atoms with Crippen molar-refractivity contribution in [2.24, 2.45) is 0 Å². The summed E-state index contributed by atoms with van der Waals surface area (Å²) in [6.45, 7) is 0. The minimum absolute atomic E-state index is 0.462. The highest BCUT2D eigenvalue weighted by molar-refractivity contribution is 7.98. The number of aryl methyl sites for hydroxylation is 1. The van der Waals surface area contributed by atoms with Gasteiger partial charge in [-0.25, -0.2) is 0 Å². The zero-order valence-corrected chi connectivity index (χ0v) is 13.5. The number of fused-ring (bicyclic) bond motifs is 1. The van der Waals surface area contributed by atoms with E-state index in [4.69, 9.17) is 9.47 Å². The molecule has 1 atom stereocenters. The molecule has 0 heterocycles. The Kier molecular flexibility index (Phi) is 4.11. The molecule has 0 N–H and O–H groups in total. The number of hydrogen-bond acceptors (Lipinski definition) is 3. The van der Waals surface area contributed by atoms with Gasteiger partial charge in [-0.3, -0.25) is 0 Å². The van der Waals surface area contributed by atoms with Crippen molar-refractivity contribution in [2.45, 2.75) is 23.7 Å². The van der Waals surface area contributed by atoms with Crippen LogP contribution in [0.1, 0.15) is 29.0 Å². The molecule has 1 unspecified atom stereocenters. The Balaban J connectivity index is 2.05. The van der Waals surface area contributed by atoms with Gasteiger partial charge in [-0.2, -0.15) is 0 Å². The lowest BCUT2D eigenvalue weighted by atomic mass is 9.92. The van der Waals surface area contributed by atoms with Crippen LogP contribution < -0.4 is 9.47 Å². The molecular weight excluding hydrogens is 280 g/mol. The molecular formula is C18H20O2S. The first-order valence-electron chi connectivity index (χ1n) is 7.16. The second-order valence-electron chi connectivity index (χ2n) is 5.24. The number of ether oxygens (including phenoxy) is 2. The summed E-state index contributed by atoms with van der Waals surface area (Å²) >= 11 is 1.83. The molecule has 110 valence electrons. The van der Waals surface area contributed by atoms with Gasteiger partial charge in [-0.1, -0.05) is 18.2 Å². The summed E-state index contributed by atoms with van der Waals surface area (Å²) in [7, 11) is 3.37. The van der Waals surface area contributed by atoms with Gasteiger partial charge in [0, 0.05) is 10.8 Å². The molecule has 2 nitrogen and oxygen atoms in total. The lowest BCUT2D eigenvalue weighted by molar-refractivity contribution is 0.354. The van der Waals surface area contributed by atoms with Crippen molar-refractivity contribution in [3.05, 3.63) is 53.1 Å². The van der Waals surface area contributed by atoms with Gasteiger partial charge in [-0.15, -0.1) is 11.8 Å². The lowest BCUT2D eigenvalue weighted by Gasteiger charge is -2.17. The van der Waals surface area contributed by atoms with Crippen molar-refractivity contribution in [3.8, 4) is 11.5 Å². The summed E-state index contributed by atoms with van der Waals surface area (Å²) in [4.78, 5) is 1.39. The SMILES string of the molecule is COc1ccc(C2CCc3cccc(SC)c32)cc1OC. The zero-order chi connectivity index (χ0) is 14.8. The van der Waals surface area contributed by atoms with Crippen LogP contribution in [-0.2, 0) is 6.42 Å². The number of methoxy groups -OCH3 is 2. The molecule has 0 bridgehead atoms. The van der Waals surface area contributed by atoms with E-state index < -0.39 is 0 Å². The van der Waals surface area contributed by atoms with E-state index >= 15 is 0 Å². The van der Waals surface area contributed by atoms with Crippen molar-refractivity contribution in [3.63, 3.8) is 0 Å². The van der Waals surface area contributed by atoms with Gasteiger partial charge in [0.15, 0.2) is 11.5 Å². The van der Waals surface area contributed by atoms with Crippen LogP contribution in [0.25, 0.3) is 0 Å². The van der Waals surface area contributed by atoms with Crippen molar-refractivity contribution >= 4 is 11.8 Å². The predicted octanol–water partition coefficient (Wildman–Crippen LogP) is 4.50. The Morgan fingerprint density at radius 2 is 1.86 bits per heavy atom. The maximum absolute atomic E-state index is 5.45. The Hall–Kier alpha value is -1.61. The van der Waals surface area contributed by atoms with E-state index in [1.165, 1.54) is 28.0 Å². The van der Waals surface area contributed by atoms with E-state index in [-0.39, 0.29) is 0 Å². The van der Waals surface area contributed by atoms with Gasteiger partial charge in [-0.05, 0) is 54.0 Å². The van der Waals surface area contributed by atoms with Crippen molar-refractivity contribution < 1.29 is 9.47 Å². The standard InChI is InChI=1S/C18H20O2S/c1-19-15-10-8-13(11-16(15)20-2)14-9-7-12-5-4-6-17(21-3)18(12)14/h4-6,8,10-11,14H,7,9H2,1-3H3. The molecule has 2 aromatic rings. The first kappa shape index (κ1) is 14.3. The molecule has 0 amide bonds. The molecule has 0 spiro atoms. The van der Waals surface area contributed by atoms with Crippen LogP contribution in [-0.4, -0.2) is 20.5 Å². The number of rotatable bonds is 4. The van der Waals surface area contributed by atoms with E-state index in [0.717, 1.165) is 17.9 Å². The largest absolute Gasteiger partial charge is 0.493 e. The first-order valence-corrected chi connectivity index (χ1v) is 8.38. The number of hydrogen-bond donors (Lipinski definition) is 0. The summed E-state index contributed by atoms with van der Waals surface area (Å²) in [6.07, 6.45) is 4.48. The van der Waals surface area contributed by atoms with Crippen molar-refractivity contribution in [1.29, 1.82) is 0 Å². The molecule has 2 aromatic carbocycles. The fraction of sp³-hybridized carbons (Fsp3) is 0.333. The maximum Gasteiger partial charge on any atom is 0.161 e. The molecule has 0 saturated carbocycles. The van der Waals surface area contributed by atoms with Gasteiger partial charge >= 0.3 is 0 Å². The Morgan fingerprint density at radius 3 is 2.57 bits per heavy atom. The molecule has 3 rings (SSSR count). The lowest BCUT2D eigenvalue weighted by Crippen LogP contribution is -2.00. The number of thioether (sulfide) groups is 1. The summed E-state index contributed by atoms with van der Waals surface area (Å²) in [5.41, 5.74) is 4.30. The molecule has 0 radical (unpaired) electrons. The van der Waals surface area contributed by atoms with Crippen molar-refractivity contribution in [2.75, 3.05) is 20.5 Å². The van der Waals surface area contributed by atoms with E-state index in [0.29, 0.717) is 5.92 Å². The quantitative estimate of drug-likeness (QED) is 0.774. The van der Waals surface area contributed by atoms with Gasteiger partial charge in [0.05, 0.1) is 14.2 Å². The van der Waals surface area contributed by atoms with Gasteiger partial charge in [0.1, 0.15) is 0 Å². The highest BCUT2D eigenvalue weighted by Crippen LogP contribution is 2.44. The second-order valence-corrected chi connectivity index (χ2v) is 6.09. The van der Waals surface area contributed by atoms with Crippen LogP contribution >= 0.6 is 11.8 Å². The van der Waals surface area contributed by atoms with Crippen LogP contribution in [0.5, 0.6) is 11.5 Å². The minimum atomic E-state index is 0.462. The molecule has 3 heteroatoms. The van der Waals surface area contributed by atoms with Crippen LogP contribution in [0.4, 0.5) is 0 Å². The maximum atomic E-state index is 5.45. The van der Waals surface area contributed by atoms with E-state index in [9.17, 15) is 0 Å². The molecule has 0 aromatic heterocycles. The van der Waals surface area contributed by atoms with Crippen molar-refractivity contribution in [1.82, 2.24) is 0 Å². The zero-order valence-electron chi connectivity index (χ0n) is 12.7. The molecule has 0 aliphatic heterocycles. The van der Waals surface area contributed by atoms with Crippen LogP contribution in [0.15, 0.2) is 41.3 Å². The topological polar surface area (TPSA) is 18.5 Å². The smallest absolute Gasteiger partial charge is 0.161 e. The van der Waals surface area contributed by atoms with E-state index in [2.05, 4.69) is 36.6 Å². The Bertz CT molecular complexity index is 652. The normalized spacial score (nSPS) is 16.6. The monoisotopic (exact) mass is 300 g/mol. The minimum Gasteiger partial charge on any atom is -0.493 e. The summed E-state index contributed by atoms with van der Waals surface area (Å²) in [6, 6.07) is 12.9.